The number of aromatic nitrogens is 1. The van der Waals surface area contributed by atoms with Gasteiger partial charge in [0.1, 0.15) is 0 Å². The fourth-order valence-electron chi connectivity index (χ4n) is 3.02. The van der Waals surface area contributed by atoms with Gasteiger partial charge in [-0.2, -0.15) is 0 Å². The van der Waals surface area contributed by atoms with Crippen molar-refractivity contribution in [2.24, 2.45) is 5.92 Å². The van der Waals surface area contributed by atoms with Gasteiger partial charge in [0.2, 0.25) is 0 Å². The minimum Gasteiger partial charge on any atom is -0.311 e. The number of piperazine rings is 1. The molecule has 0 spiro atoms. The molecule has 0 bridgehead atoms. The Morgan fingerprint density at radius 2 is 2.11 bits per heavy atom. The number of nitrogens with one attached hydrogen (secondary N) is 1. The second-order valence-electron chi connectivity index (χ2n) is 5.70. The summed E-state index contributed by atoms with van der Waals surface area (Å²) in [6, 6.07) is 5.71. The molecular formula is C15H23N3. The van der Waals surface area contributed by atoms with E-state index < -0.39 is 0 Å². The van der Waals surface area contributed by atoms with Crippen LogP contribution in [0.5, 0.6) is 0 Å². The van der Waals surface area contributed by atoms with Crippen LogP contribution in [0.15, 0.2) is 24.5 Å². The summed E-state index contributed by atoms with van der Waals surface area (Å²) in [6.45, 7) is 5.73. The Morgan fingerprint density at radius 1 is 1.33 bits per heavy atom. The average Bonchev–Trinajstić information content (AvgIpc) is 3.24. The molecule has 0 aromatic carbocycles. The molecule has 2 aliphatic rings. The molecule has 1 aromatic heterocycles. The molecular weight excluding hydrogens is 222 g/mol. The van der Waals surface area contributed by atoms with Gasteiger partial charge in [-0.1, -0.05) is 6.92 Å². The molecule has 0 amide bonds. The van der Waals surface area contributed by atoms with Crippen molar-refractivity contribution >= 4 is 0 Å². The summed E-state index contributed by atoms with van der Waals surface area (Å²) in [5.41, 5.74) is 1.40. The Labute approximate surface area is 110 Å². The van der Waals surface area contributed by atoms with E-state index in [4.69, 9.17) is 0 Å². The summed E-state index contributed by atoms with van der Waals surface area (Å²) < 4.78 is 0. The quantitative estimate of drug-likeness (QED) is 0.880. The van der Waals surface area contributed by atoms with Gasteiger partial charge in [-0.25, -0.2) is 0 Å². The van der Waals surface area contributed by atoms with Gasteiger partial charge in [0.05, 0.1) is 0 Å². The molecule has 3 rings (SSSR count). The Morgan fingerprint density at radius 3 is 2.78 bits per heavy atom. The van der Waals surface area contributed by atoms with Crippen molar-refractivity contribution in [1.82, 2.24) is 15.2 Å². The lowest BCUT2D eigenvalue weighted by Crippen LogP contribution is -2.56. The van der Waals surface area contributed by atoms with Crippen LogP contribution < -0.4 is 5.32 Å². The third kappa shape index (κ3) is 2.73. The molecule has 2 unspecified atom stereocenters. The fraction of sp³-hybridized carbons (Fsp3) is 0.667. The van der Waals surface area contributed by atoms with E-state index in [0.29, 0.717) is 6.04 Å². The van der Waals surface area contributed by atoms with Gasteiger partial charge in [-0.15, -0.1) is 0 Å². The highest BCUT2D eigenvalue weighted by molar-refractivity contribution is 5.10. The van der Waals surface area contributed by atoms with Crippen LogP contribution in [0.25, 0.3) is 0 Å². The largest absolute Gasteiger partial charge is 0.311 e. The minimum atomic E-state index is 0.668. The predicted octanol–water partition coefficient (Wildman–Crippen LogP) is 2.04. The summed E-state index contributed by atoms with van der Waals surface area (Å²) >= 11 is 0. The SMILES string of the molecule is CCC1CN(Cc2ccncc2)C(C2CC2)CN1. The standard InChI is InChI=1S/C15H23N3/c1-2-14-11-18(10-12-5-7-16-8-6-12)15(9-17-14)13-3-4-13/h5-8,13-15,17H,2-4,9-11H2,1H3. The van der Waals surface area contributed by atoms with E-state index in [-0.39, 0.29) is 0 Å². The minimum absolute atomic E-state index is 0.668. The zero-order chi connectivity index (χ0) is 12.4. The second-order valence-corrected chi connectivity index (χ2v) is 5.70. The highest BCUT2D eigenvalue weighted by Crippen LogP contribution is 2.36. The molecule has 98 valence electrons. The number of hydrogen-bond donors (Lipinski definition) is 1. The molecule has 3 heteroatoms. The van der Waals surface area contributed by atoms with E-state index in [9.17, 15) is 0 Å². The summed E-state index contributed by atoms with van der Waals surface area (Å²) in [5.74, 6) is 0.942. The lowest BCUT2D eigenvalue weighted by atomic mass is 10.0. The van der Waals surface area contributed by atoms with Crippen LogP contribution in [0.1, 0.15) is 31.7 Å². The first kappa shape index (κ1) is 12.1. The van der Waals surface area contributed by atoms with Crippen molar-refractivity contribution < 1.29 is 0 Å². The monoisotopic (exact) mass is 245 g/mol. The first-order chi connectivity index (χ1) is 8.86. The van der Waals surface area contributed by atoms with Crippen LogP contribution in [0.2, 0.25) is 0 Å². The molecule has 2 fully saturated rings. The first-order valence-electron chi connectivity index (χ1n) is 7.23. The molecule has 1 aliphatic heterocycles. The summed E-state index contributed by atoms with van der Waals surface area (Å²) in [7, 11) is 0. The first-order valence-corrected chi connectivity index (χ1v) is 7.23. The van der Waals surface area contributed by atoms with E-state index >= 15 is 0 Å². The topological polar surface area (TPSA) is 28.2 Å². The summed E-state index contributed by atoms with van der Waals surface area (Å²) in [4.78, 5) is 6.80. The Balaban J connectivity index is 1.69. The Hall–Kier alpha value is -0.930. The van der Waals surface area contributed by atoms with Crippen molar-refractivity contribution in [2.45, 2.75) is 44.8 Å². The smallest absolute Gasteiger partial charge is 0.0271 e. The normalized spacial score (nSPS) is 29.4. The van der Waals surface area contributed by atoms with Gasteiger partial charge < -0.3 is 5.32 Å². The predicted molar refractivity (Wildman–Crippen MR) is 73.2 cm³/mol. The summed E-state index contributed by atoms with van der Waals surface area (Å²) in [5, 5.41) is 3.70. The Kier molecular flexibility index (Phi) is 3.62. The number of rotatable bonds is 4. The van der Waals surface area contributed by atoms with Gasteiger partial charge in [-0.3, -0.25) is 9.88 Å². The van der Waals surface area contributed by atoms with Crippen LogP contribution in [-0.2, 0) is 6.54 Å². The molecule has 18 heavy (non-hydrogen) atoms. The van der Waals surface area contributed by atoms with Crippen molar-refractivity contribution in [1.29, 1.82) is 0 Å². The number of nitrogens with zero attached hydrogens (tertiary/aromatic N) is 2. The van der Waals surface area contributed by atoms with Crippen LogP contribution in [-0.4, -0.2) is 35.1 Å². The van der Waals surface area contributed by atoms with E-state index in [1.54, 1.807) is 0 Å². The highest BCUT2D eigenvalue weighted by atomic mass is 15.2. The molecule has 1 saturated heterocycles. The Bertz CT molecular complexity index is 375. The molecule has 2 heterocycles. The van der Waals surface area contributed by atoms with Crippen LogP contribution in [0.4, 0.5) is 0 Å². The lowest BCUT2D eigenvalue weighted by molar-refractivity contribution is 0.106. The number of hydrogen-bond acceptors (Lipinski definition) is 3. The molecule has 3 nitrogen and oxygen atoms in total. The van der Waals surface area contributed by atoms with Crippen molar-refractivity contribution in [2.75, 3.05) is 13.1 Å². The zero-order valence-corrected chi connectivity index (χ0v) is 11.2. The van der Waals surface area contributed by atoms with E-state index in [1.807, 2.05) is 12.4 Å². The third-order valence-corrected chi connectivity index (χ3v) is 4.33. The fourth-order valence-corrected chi connectivity index (χ4v) is 3.02. The maximum atomic E-state index is 4.11. The molecule has 1 aromatic rings. The molecule has 1 N–H and O–H groups in total. The second kappa shape index (κ2) is 5.37. The van der Waals surface area contributed by atoms with Crippen molar-refractivity contribution in [3.05, 3.63) is 30.1 Å². The molecule has 2 atom stereocenters. The van der Waals surface area contributed by atoms with Crippen LogP contribution in [0.3, 0.4) is 0 Å². The molecule has 0 radical (unpaired) electrons. The third-order valence-electron chi connectivity index (χ3n) is 4.33. The maximum absolute atomic E-state index is 4.11. The van der Waals surface area contributed by atoms with E-state index in [2.05, 4.69) is 34.3 Å². The number of pyridine rings is 1. The average molecular weight is 245 g/mol. The van der Waals surface area contributed by atoms with Gasteiger partial charge in [-0.05, 0) is 42.9 Å². The lowest BCUT2D eigenvalue weighted by Gasteiger charge is -2.40. The summed E-state index contributed by atoms with van der Waals surface area (Å²) in [6.07, 6.45) is 7.89. The van der Waals surface area contributed by atoms with Crippen LogP contribution in [0, 0.1) is 5.92 Å². The van der Waals surface area contributed by atoms with Crippen molar-refractivity contribution in [3.63, 3.8) is 0 Å². The molecule has 1 saturated carbocycles. The maximum Gasteiger partial charge on any atom is 0.0271 e. The van der Waals surface area contributed by atoms with Gasteiger partial charge in [0.25, 0.3) is 0 Å². The zero-order valence-electron chi connectivity index (χ0n) is 11.2. The molecule has 1 aliphatic carbocycles. The van der Waals surface area contributed by atoms with E-state index in [1.165, 1.54) is 37.9 Å². The van der Waals surface area contributed by atoms with Gasteiger partial charge >= 0.3 is 0 Å². The van der Waals surface area contributed by atoms with Gasteiger partial charge in [0, 0.05) is 44.1 Å². The van der Waals surface area contributed by atoms with E-state index in [0.717, 1.165) is 18.5 Å². The van der Waals surface area contributed by atoms with Crippen LogP contribution >= 0.6 is 0 Å². The highest BCUT2D eigenvalue weighted by Gasteiger charge is 2.38. The van der Waals surface area contributed by atoms with Gasteiger partial charge in [0.15, 0.2) is 0 Å². The van der Waals surface area contributed by atoms with Crippen molar-refractivity contribution in [3.8, 4) is 0 Å².